The highest BCUT2D eigenvalue weighted by Gasteiger charge is 2.27. The largest absolute Gasteiger partial charge is 0.431 e. The van der Waals surface area contributed by atoms with Gasteiger partial charge < -0.3 is 29.9 Å². The molecule has 3 aliphatic rings. The molecular formula is C21H22N8O3. The number of hydrogen-bond donors (Lipinski definition) is 4. The quantitative estimate of drug-likeness (QED) is 0.459. The average molecular weight is 434 g/mol. The molecule has 0 radical (unpaired) electrons. The molecule has 1 aromatic carbocycles. The SMILES string of the molecule is O=C(Cc1nnc(-c2coc(NC3Cc4ccccc4C3)n2)o1)N1CCC2=C(C1)NNN2. The first kappa shape index (κ1) is 18.9. The van der Waals surface area contributed by atoms with Crippen LogP contribution in [0.25, 0.3) is 11.6 Å². The molecule has 1 aliphatic carbocycles. The standard InChI is InChI=1S/C21H22N8O3/c30-19(29-6-5-15-16(10-29)25-28-24-15)9-18-26-27-20(32-18)17-11-31-21(23-17)22-14-7-12-3-1-2-4-13(12)8-14/h1-4,11,14,24-25,28H,5-10H2,(H,22,23). The van der Waals surface area contributed by atoms with Gasteiger partial charge in [0.05, 0.1) is 17.9 Å². The number of hydrogen-bond acceptors (Lipinski definition) is 10. The minimum atomic E-state index is -0.0660. The van der Waals surface area contributed by atoms with Gasteiger partial charge in [-0.05, 0) is 24.0 Å². The summed E-state index contributed by atoms with van der Waals surface area (Å²) in [4.78, 5) is 18.8. The first-order valence-corrected chi connectivity index (χ1v) is 10.6. The summed E-state index contributed by atoms with van der Waals surface area (Å²) in [5.74, 6) is 0.418. The monoisotopic (exact) mass is 434 g/mol. The minimum absolute atomic E-state index is 0.0414. The summed E-state index contributed by atoms with van der Waals surface area (Å²) in [6.45, 7) is 1.15. The van der Waals surface area contributed by atoms with Crippen molar-refractivity contribution in [2.24, 2.45) is 0 Å². The summed E-state index contributed by atoms with van der Waals surface area (Å²) >= 11 is 0. The Balaban J connectivity index is 1.07. The van der Waals surface area contributed by atoms with Crippen LogP contribution < -0.4 is 21.7 Å². The lowest BCUT2D eigenvalue weighted by molar-refractivity contribution is -0.130. The van der Waals surface area contributed by atoms with E-state index in [1.165, 1.54) is 17.4 Å². The Morgan fingerprint density at radius 2 is 1.97 bits per heavy atom. The number of hydrazine groups is 2. The van der Waals surface area contributed by atoms with Crippen molar-refractivity contribution < 1.29 is 13.6 Å². The fraction of sp³-hybridized carbons (Fsp3) is 0.333. The molecule has 0 saturated carbocycles. The van der Waals surface area contributed by atoms with Gasteiger partial charge in [0.25, 0.3) is 11.9 Å². The predicted molar refractivity (Wildman–Crippen MR) is 112 cm³/mol. The highest BCUT2D eigenvalue weighted by molar-refractivity contribution is 5.78. The van der Waals surface area contributed by atoms with E-state index in [4.69, 9.17) is 8.83 Å². The van der Waals surface area contributed by atoms with E-state index in [-0.39, 0.29) is 30.2 Å². The van der Waals surface area contributed by atoms with Crippen molar-refractivity contribution in [1.82, 2.24) is 36.5 Å². The van der Waals surface area contributed by atoms with Gasteiger partial charge >= 0.3 is 0 Å². The molecule has 0 spiro atoms. The normalized spacial score (nSPS) is 17.7. The van der Waals surface area contributed by atoms with Crippen LogP contribution in [0.2, 0.25) is 0 Å². The lowest BCUT2D eigenvalue weighted by Gasteiger charge is -2.26. The minimum Gasteiger partial charge on any atom is -0.431 e. The number of carbonyl (C=O) groups is 1. The van der Waals surface area contributed by atoms with E-state index in [0.29, 0.717) is 24.8 Å². The zero-order valence-corrected chi connectivity index (χ0v) is 17.2. The van der Waals surface area contributed by atoms with Crippen molar-refractivity contribution >= 4 is 11.9 Å². The molecule has 0 fully saturated rings. The van der Waals surface area contributed by atoms with Crippen molar-refractivity contribution in [3.05, 3.63) is 58.9 Å². The van der Waals surface area contributed by atoms with Crippen LogP contribution in [-0.2, 0) is 24.1 Å². The number of rotatable bonds is 5. The molecule has 0 unspecified atom stereocenters. The van der Waals surface area contributed by atoms with Crippen LogP contribution in [0.1, 0.15) is 23.4 Å². The number of nitrogens with zero attached hydrogens (tertiary/aromatic N) is 4. The Kier molecular flexibility index (Phi) is 4.53. The van der Waals surface area contributed by atoms with Crippen molar-refractivity contribution in [3.63, 3.8) is 0 Å². The highest BCUT2D eigenvalue weighted by Crippen LogP contribution is 2.26. The van der Waals surface area contributed by atoms with E-state index in [1.807, 2.05) is 0 Å². The number of aromatic nitrogens is 3. The molecule has 6 rings (SSSR count). The summed E-state index contributed by atoms with van der Waals surface area (Å²) < 4.78 is 11.2. The smallest absolute Gasteiger partial charge is 0.295 e. The van der Waals surface area contributed by atoms with E-state index in [1.54, 1.807) is 4.90 Å². The van der Waals surface area contributed by atoms with Crippen LogP contribution in [-0.4, -0.2) is 45.1 Å². The van der Waals surface area contributed by atoms with Gasteiger partial charge in [-0.3, -0.25) is 4.79 Å². The van der Waals surface area contributed by atoms with E-state index < -0.39 is 0 Å². The van der Waals surface area contributed by atoms with E-state index >= 15 is 0 Å². The molecule has 11 nitrogen and oxygen atoms in total. The van der Waals surface area contributed by atoms with Crippen LogP contribution in [0.5, 0.6) is 0 Å². The average Bonchev–Trinajstić information content (AvgIpc) is 3.59. The van der Waals surface area contributed by atoms with Gasteiger partial charge in [-0.1, -0.05) is 24.3 Å². The van der Waals surface area contributed by atoms with Crippen LogP contribution in [0, 0.1) is 0 Å². The van der Waals surface area contributed by atoms with Crippen molar-refractivity contribution in [2.45, 2.75) is 31.7 Å². The molecule has 11 heteroatoms. The van der Waals surface area contributed by atoms with Crippen molar-refractivity contribution in [3.8, 4) is 11.6 Å². The second-order valence-electron chi connectivity index (χ2n) is 8.13. The van der Waals surface area contributed by atoms with E-state index in [9.17, 15) is 4.79 Å². The predicted octanol–water partition coefficient (Wildman–Crippen LogP) is 0.903. The highest BCUT2D eigenvalue weighted by atomic mass is 16.4. The van der Waals surface area contributed by atoms with E-state index in [0.717, 1.165) is 30.7 Å². The van der Waals surface area contributed by atoms with Gasteiger partial charge in [-0.15, -0.1) is 10.2 Å². The molecule has 2 aromatic heterocycles. The molecule has 164 valence electrons. The number of benzene rings is 1. The molecule has 2 aliphatic heterocycles. The summed E-state index contributed by atoms with van der Waals surface area (Å²) in [7, 11) is 0. The zero-order valence-electron chi connectivity index (χ0n) is 17.2. The fourth-order valence-electron chi connectivity index (χ4n) is 4.35. The Morgan fingerprint density at radius 1 is 1.16 bits per heavy atom. The van der Waals surface area contributed by atoms with Crippen LogP contribution >= 0.6 is 0 Å². The fourth-order valence-corrected chi connectivity index (χ4v) is 4.35. The van der Waals surface area contributed by atoms with Crippen molar-refractivity contribution in [2.75, 3.05) is 18.4 Å². The molecule has 0 saturated heterocycles. The maximum absolute atomic E-state index is 12.7. The van der Waals surface area contributed by atoms with Crippen LogP contribution in [0.3, 0.4) is 0 Å². The maximum atomic E-state index is 12.7. The summed E-state index contributed by atoms with van der Waals surface area (Å²) in [6, 6.07) is 9.06. The van der Waals surface area contributed by atoms with E-state index in [2.05, 4.69) is 61.1 Å². The van der Waals surface area contributed by atoms with Crippen LogP contribution in [0.4, 0.5) is 6.01 Å². The summed E-state index contributed by atoms with van der Waals surface area (Å²) in [5, 5.41) is 11.4. The Hall–Kier alpha value is -3.86. The topological polar surface area (TPSA) is 133 Å². The number of oxazole rings is 1. The summed E-state index contributed by atoms with van der Waals surface area (Å²) in [6.07, 6.45) is 4.14. The molecule has 0 bridgehead atoms. The first-order chi connectivity index (χ1) is 15.7. The number of anilines is 1. The molecule has 32 heavy (non-hydrogen) atoms. The zero-order chi connectivity index (χ0) is 21.5. The summed E-state index contributed by atoms with van der Waals surface area (Å²) in [5.41, 5.74) is 14.1. The van der Waals surface area contributed by atoms with Gasteiger partial charge in [0.15, 0.2) is 5.69 Å². The Bertz CT molecular complexity index is 1170. The molecule has 3 aromatic rings. The Labute approximate surface area is 183 Å². The number of carbonyl (C=O) groups excluding carboxylic acids is 1. The van der Waals surface area contributed by atoms with Crippen molar-refractivity contribution in [1.29, 1.82) is 0 Å². The third kappa shape index (κ3) is 3.56. The third-order valence-corrected chi connectivity index (χ3v) is 6.00. The molecule has 0 atom stereocenters. The maximum Gasteiger partial charge on any atom is 0.295 e. The van der Waals surface area contributed by atoms with Gasteiger partial charge in [0.2, 0.25) is 11.8 Å². The van der Waals surface area contributed by atoms with Crippen LogP contribution in [0.15, 0.2) is 50.8 Å². The Morgan fingerprint density at radius 3 is 2.81 bits per heavy atom. The first-order valence-electron chi connectivity index (χ1n) is 10.6. The molecule has 4 N–H and O–H groups in total. The van der Waals surface area contributed by atoms with Gasteiger partial charge in [0, 0.05) is 19.0 Å². The molecule has 4 heterocycles. The third-order valence-electron chi connectivity index (χ3n) is 6.00. The number of nitrogens with one attached hydrogen (secondary N) is 4. The lowest BCUT2D eigenvalue weighted by Crippen LogP contribution is -2.40. The second kappa shape index (κ2) is 7.68. The van der Waals surface area contributed by atoms with Gasteiger partial charge in [-0.2, -0.15) is 10.5 Å². The number of fused-ring (bicyclic) bond motifs is 1. The molecular weight excluding hydrogens is 412 g/mol. The molecule has 1 amide bonds. The number of amides is 1. The van der Waals surface area contributed by atoms with Gasteiger partial charge in [-0.25, -0.2) is 0 Å². The lowest BCUT2D eigenvalue weighted by atomic mass is 10.1. The van der Waals surface area contributed by atoms with Gasteiger partial charge in [0.1, 0.15) is 12.7 Å². The second-order valence-corrected chi connectivity index (χ2v) is 8.13.